The number of amides is 1. The molecule has 0 aliphatic rings. The molecule has 0 radical (unpaired) electrons. The fourth-order valence-corrected chi connectivity index (χ4v) is 2.30. The molecule has 1 aromatic rings. The van der Waals surface area contributed by atoms with E-state index in [0.717, 1.165) is 8.90 Å². The highest BCUT2D eigenvalue weighted by molar-refractivity contribution is 14.1. The number of benzene rings is 1. The number of aromatic hydroxyl groups is 1. The van der Waals surface area contributed by atoms with Gasteiger partial charge in [0.05, 0.1) is 5.56 Å². The number of phenolic OH excluding ortho intramolecular Hbond substituents is 1. The molecule has 5 heteroatoms. The monoisotopic (exact) mass is 411 g/mol. The molecule has 0 saturated carbocycles. The third-order valence-electron chi connectivity index (χ3n) is 2.66. The molecule has 94 valence electrons. The summed E-state index contributed by atoms with van der Waals surface area (Å²) in [5.74, 6) is 0.117. The predicted molar refractivity (Wildman–Crippen MR) is 80.7 cm³/mol. The van der Waals surface area contributed by atoms with Crippen LogP contribution in [0, 0.1) is 9.49 Å². The van der Waals surface area contributed by atoms with Gasteiger partial charge in [-0.1, -0.05) is 22.9 Å². The Morgan fingerprint density at radius 1 is 1.53 bits per heavy atom. The zero-order valence-electron chi connectivity index (χ0n) is 9.71. The van der Waals surface area contributed by atoms with E-state index >= 15 is 0 Å². The number of rotatable bonds is 4. The summed E-state index contributed by atoms with van der Waals surface area (Å²) < 4.78 is 0.923. The molecule has 2 unspecified atom stereocenters. The van der Waals surface area contributed by atoms with Crippen molar-refractivity contribution in [3.63, 3.8) is 0 Å². The number of nitrogens with one attached hydrogen (secondary N) is 1. The van der Waals surface area contributed by atoms with E-state index in [9.17, 15) is 9.90 Å². The second kappa shape index (κ2) is 6.58. The highest BCUT2D eigenvalue weighted by Gasteiger charge is 2.17. The number of hydrogen-bond acceptors (Lipinski definition) is 2. The summed E-state index contributed by atoms with van der Waals surface area (Å²) in [5.41, 5.74) is 0.325. The van der Waals surface area contributed by atoms with Crippen LogP contribution in [0.1, 0.15) is 24.2 Å². The molecule has 0 bridgehead atoms. The van der Waals surface area contributed by atoms with Crippen molar-refractivity contribution in [1.29, 1.82) is 0 Å². The van der Waals surface area contributed by atoms with Crippen molar-refractivity contribution in [1.82, 2.24) is 5.32 Å². The van der Waals surface area contributed by atoms with Gasteiger partial charge in [-0.25, -0.2) is 0 Å². The Bertz CT molecular complexity index is 411. The number of phenols is 1. The maximum absolute atomic E-state index is 12.0. The lowest BCUT2D eigenvalue weighted by atomic mass is 10.1. The van der Waals surface area contributed by atoms with Crippen LogP contribution in [-0.2, 0) is 0 Å². The molecular formula is C12H15BrINO2. The van der Waals surface area contributed by atoms with Gasteiger partial charge in [0, 0.05) is 14.9 Å². The molecule has 1 rings (SSSR count). The van der Waals surface area contributed by atoms with Gasteiger partial charge in [0.15, 0.2) is 0 Å². The van der Waals surface area contributed by atoms with Crippen molar-refractivity contribution >= 4 is 44.4 Å². The number of hydrogen-bond donors (Lipinski definition) is 2. The van der Waals surface area contributed by atoms with Crippen LogP contribution in [0.2, 0.25) is 0 Å². The van der Waals surface area contributed by atoms with E-state index in [1.165, 1.54) is 6.07 Å². The SMILES string of the molecule is CC(CBr)C(C)NC(=O)c1cc(I)ccc1O. The molecule has 0 saturated heterocycles. The second-order valence-corrected chi connectivity index (χ2v) is 5.95. The number of carbonyl (C=O) groups excluding carboxylic acids is 1. The van der Waals surface area contributed by atoms with Crippen molar-refractivity contribution in [3.05, 3.63) is 27.3 Å². The van der Waals surface area contributed by atoms with E-state index in [1.807, 2.05) is 13.8 Å². The quantitative estimate of drug-likeness (QED) is 0.590. The Hall–Kier alpha value is -0.300. The van der Waals surface area contributed by atoms with E-state index in [0.29, 0.717) is 11.5 Å². The molecule has 1 aromatic carbocycles. The van der Waals surface area contributed by atoms with Crippen molar-refractivity contribution < 1.29 is 9.90 Å². The first kappa shape index (κ1) is 14.8. The first-order chi connectivity index (χ1) is 7.95. The molecule has 0 aliphatic heterocycles. The van der Waals surface area contributed by atoms with Crippen LogP contribution in [0.25, 0.3) is 0 Å². The number of carbonyl (C=O) groups is 1. The second-order valence-electron chi connectivity index (χ2n) is 4.06. The normalized spacial score (nSPS) is 14.1. The fraction of sp³-hybridized carbons (Fsp3) is 0.417. The van der Waals surface area contributed by atoms with Crippen LogP contribution in [0.5, 0.6) is 5.75 Å². The maximum Gasteiger partial charge on any atom is 0.255 e. The van der Waals surface area contributed by atoms with E-state index < -0.39 is 0 Å². The highest BCUT2D eigenvalue weighted by atomic mass is 127. The lowest BCUT2D eigenvalue weighted by molar-refractivity contribution is 0.0928. The molecule has 2 N–H and O–H groups in total. The van der Waals surface area contributed by atoms with Crippen LogP contribution in [-0.4, -0.2) is 22.4 Å². The summed E-state index contributed by atoms with van der Waals surface area (Å²) in [6, 6.07) is 5.03. The Kier molecular flexibility index (Phi) is 5.72. The average molecular weight is 412 g/mol. The molecule has 0 heterocycles. The van der Waals surface area contributed by atoms with Gasteiger partial charge in [-0.2, -0.15) is 0 Å². The van der Waals surface area contributed by atoms with E-state index in [4.69, 9.17) is 0 Å². The minimum atomic E-state index is -0.235. The lowest BCUT2D eigenvalue weighted by Crippen LogP contribution is -2.37. The summed E-state index contributed by atoms with van der Waals surface area (Å²) in [6.07, 6.45) is 0. The Morgan fingerprint density at radius 2 is 2.18 bits per heavy atom. The van der Waals surface area contributed by atoms with Gasteiger partial charge in [0.25, 0.3) is 5.91 Å². The van der Waals surface area contributed by atoms with Gasteiger partial charge >= 0.3 is 0 Å². The zero-order chi connectivity index (χ0) is 13.0. The largest absolute Gasteiger partial charge is 0.507 e. The van der Waals surface area contributed by atoms with Crippen molar-refractivity contribution in [2.45, 2.75) is 19.9 Å². The van der Waals surface area contributed by atoms with Gasteiger partial charge in [-0.05, 0) is 53.6 Å². The van der Waals surface area contributed by atoms with Gasteiger partial charge in [-0.3, -0.25) is 4.79 Å². The molecule has 1 amide bonds. The molecule has 17 heavy (non-hydrogen) atoms. The van der Waals surface area contributed by atoms with Crippen LogP contribution in [0.15, 0.2) is 18.2 Å². The summed E-state index contributed by atoms with van der Waals surface area (Å²) in [6.45, 7) is 4.00. The summed E-state index contributed by atoms with van der Waals surface area (Å²) in [7, 11) is 0. The van der Waals surface area contributed by atoms with Gasteiger partial charge in [0.1, 0.15) is 5.75 Å². The molecule has 0 fully saturated rings. The Balaban J connectivity index is 2.79. The maximum atomic E-state index is 12.0. The summed E-state index contributed by atoms with van der Waals surface area (Å²) in [4.78, 5) is 12.0. The molecule has 2 atom stereocenters. The standard InChI is InChI=1S/C12H15BrINO2/c1-7(6-13)8(2)15-12(17)10-5-9(14)3-4-11(10)16/h3-5,7-8,16H,6H2,1-2H3,(H,15,17). The van der Waals surface area contributed by atoms with E-state index in [-0.39, 0.29) is 17.7 Å². The first-order valence-electron chi connectivity index (χ1n) is 5.31. The van der Waals surface area contributed by atoms with Crippen LogP contribution in [0.4, 0.5) is 0 Å². The molecular weight excluding hydrogens is 397 g/mol. The zero-order valence-corrected chi connectivity index (χ0v) is 13.4. The van der Waals surface area contributed by atoms with Crippen LogP contribution < -0.4 is 5.32 Å². The van der Waals surface area contributed by atoms with Crippen molar-refractivity contribution in [2.75, 3.05) is 5.33 Å². The van der Waals surface area contributed by atoms with E-state index in [1.54, 1.807) is 12.1 Å². The average Bonchev–Trinajstić information content (AvgIpc) is 2.30. The topological polar surface area (TPSA) is 49.3 Å². The van der Waals surface area contributed by atoms with E-state index in [2.05, 4.69) is 43.8 Å². The third-order valence-corrected chi connectivity index (χ3v) is 4.35. The van der Waals surface area contributed by atoms with Gasteiger partial charge < -0.3 is 10.4 Å². The summed E-state index contributed by atoms with van der Waals surface area (Å²) in [5, 5.41) is 13.3. The Labute approximate surface area is 123 Å². The molecule has 3 nitrogen and oxygen atoms in total. The van der Waals surface area contributed by atoms with Gasteiger partial charge in [-0.15, -0.1) is 0 Å². The molecule has 0 spiro atoms. The van der Waals surface area contributed by atoms with Gasteiger partial charge in [0.2, 0.25) is 0 Å². The minimum absolute atomic E-state index is 0.0154. The summed E-state index contributed by atoms with van der Waals surface area (Å²) >= 11 is 5.50. The lowest BCUT2D eigenvalue weighted by Gasteiger charge is -2.19. The van der Waals surface area contributed by atoms with Crippen LogP contribution >= 0.6 is 38.5 Å². The highest BCUT2D eigenvalue weighted by Crippen LogP contribution is 2.20. The van der Waals surface area contributed by atoms with Crippen molar-refractivity contribution in [3.8, 4) is 5.75 Å². The van der Waals surface area contributed by atoms with Crippen LogP contribution in [0.3, 0.4) is 0 Å². The number of alkyl halides is 1. The fourth-order valence-electron chi connectivity index (χ4n) is 1.25. The smallest absolute Gasteiger partial charge is 0.255 e. The Morgan fingerprint density at radius 3 is 2.76 bits per heavy atom. The van der Waals surface area contributed by atoms with Crippen molar-refractivity contribution in [2.24, 2.45) is 5.92 Å². The third kappa shape index (κ3) is 4.13. The number of halogens is 2. The first-order valence-corrected chi connectivity index (χ1v) is 7.51. The predicted octanol–water partition coefficient (Wildman–Crippen LogP) is 3.15. The minimum Gasteiger partial charge on any atom is -0.507 e. The molecule has 0 aliphatic carbocycles. The molecule has 0 aromatic heterocycles.